The van der Waals surface area contributed by atoms with Crippen LogP contribution in [0.5, 0.6) is 0 Å². The monoisotopic (exact) mass is 447 g/mol. The molecule has 3 rings (SSSR count). The van der Waals surface area contributed by atoms with Crippen molar-refractivity contribution in [3.63, 3.8) is 0 Å². The van der Waals surface area contributed by atoms with Gasteiger partial charge in [-0.3, -0.25) is 4.79 Å². The van der Waals surface area contributed by atoms with Gasteiger partial charge >= 0.3 is 6.09 Å². The first-order valence-corrected chi connectivity index (χ1v) is 11.0. The molecule has 32 heavy (non-hydrogen) atoms. The van der Waals surface area contributed by atoms with Crippen molar-refractivity contribution in [3.05, 3.63) is 108 Å². The lowest BCUT2D eigenvalue weighted by atomic mass is 9.66. The topological polar surface area (TPSA) is 55.4 Å². The highest BCUT2D eigenvalue weighted by Gasteiger charge is 2.44. The molecular formula is C27H29NO3S. The molecule has 0 aromatic heterocycles. The summed E-state index contributed by atoms with van der Waals surface area (Å²) in [5.74, 6) is 0. The van der Waals surface area contributed by atoms with Gasteiger partial charge in [0.15, 0.2) is 6.29 Å². The average Bonchev–Trinajstić information content (AvgIpc) is 2.78. The summed E-state index contributed by atoms with van der Waals surface area (Å²) in [6, 6.07) is 29.9. The lowest BCUT2D eigenvalue weighted by molar-refractivity contribution is -0.111. The van der Waals surface area contributed by atoms with E-state index in [4.69, 9.17) is 4.74 Å². The van der Waals surface area contributed by atoms with Gasteiger partial charge in [0.25, 0.3) is 0 Å². The van der Waals surface area contributed by atoms with E-state index in [1.54, 1.807) is 20.8 Å². The fourth-order valence-electron chi connectivity index (χ4n) is 3.97. The molecule has 0 spiro atoms. The Bertz CT molecular complexity index is 936. The van der Waals surface area contributed by atoms with Crippen LogP contribution in [0, 0.1) is 0 Å². The van der Waals surface area contributed by atoms with E-state index < -0.39 is 22.0 Å². The third-order valence-electron chi connectivity index (χ3n) is 5.25. The molecule has 0 saturated carbocycles. The van der Waals surface area contributed by atoms with Gasteiger partial charge < -0.3 is 10.1 Å². The largest absolute Gasteiger partial charge is 0.444 e. The molecule has 3 aromatic carbocycles. The van der Waals surface area contributed by atoms with Crippen molar-refractivity contribution in [2.24, 2.45) is 0 Å². The average molecular weight is 448 g/mol. The zero-order valence-electron chi connectivity index (χ0n) is 18.6. The number of thiol groups is 1. The van der Waals surface area contributed by atoms with Gasteiger partial charge in [0.2, 0.25) is 0 Å². The molecule has 3 aromatic rings. The lowest BCUT2D eigenvalue weighted by Gasteiger charge is -2.41. The van der Waals surface area contributed by atoms with Gasteiger partial charge in [-0.1, -0.05) is 91.0 Å². The number of alkyl carbamates (subject to hydrolysis) is 1. The predicted molar refractivity (Wildman–Crippen MR) is 131 cm³/mol. The van der Waals surface area contributed by atoms with Gasteiger partial charge in [0, 0.05) is 11.8 Å². The first-order valence-electron chi connectivity index (χ1n) is 10.5. The van der Waals surface area contributed by atoms with E-state index in [-0.39, 0.29) is 6.42 Å². The van der Waals surface area contributed by atoms with Crippen molar-refractivity contribution in [3.8, 4) is 0 Å². The maximum atomic E-state index is 12.6. The van der Waals surface area contributed by atoms with Crippen LogP contribution in [-0.2, 0) is 14.9 Å². The van der Waals surface area contributed by atoms with E-state index in [0.717, 1.165) is 16.7 Å². The third kappa shape index (κ3) is 5.40. The lowest BCUT2D eigenvalue weighted by Crippen LogP contribution is -2.52. The van der Waals surface area contributed by atoms with E-state index in [9.17, 15) is 9.59 Å². The second-order valence-electron chi connectivity index (χ2n) is 8.85. The Balaban J connectivity index is 2.18. The Hall–Kier alpha value is -3.05. The summed E-state index contributed by atoms with van der Waals surface area (Å²) in [5, 5.41) is 2.70. The predicted octanol–water partition coefficient (Wildman–Crippen LogP) is 5.76. The number of nitrogens with one attached hydrogen (secondary N) is 1. The van der Waals surface area contributed by atoms with Crippen molar-refractivity contribution in [2.75, 3.05) is 0 Å². The minimum atomic E-state index is -1.48. The van der Waals surface area contributed by atoms with E-state index in [2.05, 4.69) is 17.9 Å². The molecule has 0 bridgehead atoms. The van der Waals surface area contributed by atoms with Crippen LogP contribution < -0.4 is 5.32 Å². The Labute approximate surface area is 195 Å². The smallest absolute Gasteiger partial charge is 0.409 e. The molecule has 0 heterocycles. The molecule has 166 valence electrons. The summed E-state index contributed by atoms with van der Waals surface area (Å²) in [6.45, 7) is 5.32. The summed E-state index contributed by atoms with van der Waals surface area (Å²) >= 11 is 4.67. The SMILES string of the molecule is CC(C)(C)OC(=O)N[C@](S)(C=O)CC(c1ccccc1)(c1ccccc1)c1ccccc1. The quantitative estimate of drug-likeness (QED) is 0.210. The van der Waals surface area contributed by atoms with Gasteiger partial charge in [0.1, 0.15) is 10.5 Å². The molecule has 1 atom stereocenters. The summed E-state index contributed by atoms with van der Waals surface area (Å²) < 4.78 is 5.41. The van der Waals surface area contributed by atoms with Crippen molar-refractivity contribution in [2.45, 2.75) is 43.1 Å². The second-order valence-corrected chi connectivity index (χ2v) is 9.65. The first kappa shape index (κ1) is 23.6. The van der Waals surface area contributed by atoms with Crippen LogP contribution in [0.3, 0.4) is 0 Å². The summed E-state index contributed by atoms with van der Waals surface area (Å²) in [7, 11) is 0. The van der Waals surface area contributed by atoms with Crippen LogP contribution in [0.25, 0.3) is 0 Å². The highest BCUT2D eigenvalue weighted by atomic mass is 32.1. The number of hydrogen-bond acceptors (Lipinski definition) is 4. The summed E-state index contributed by atoms with van der Waals surface area (Å²) in [5.41, 5.74) is 1.52. The van der Waals surface area contributed by atoms with Crippen molar-refractivity contribution in [1.29, 1.82) is 0 Å². The van der Waals surface area contributed by atoms with Gasteiger partial charge in [-0.15, -0.1) is 12.6 Å². The van der Waals surface area contributed by atoms with Crippen LogP contribution in [0.15, 0.2) is 91.0 Å². The van der Waals surface area contributed by atoms with Crippen molar-refractivity contribution < 1.29 is 14.3 Å². The number of hydrogen-bond donors (Lipinski definition) is 2. The number of aldehydes is 1. The van der Waals surface area contributed by atoms with Gasteiger partial charge in [-0.2, -0.15) is 0 Å². The normalized spacial score (nSPS) is 13.6. The molecule has 0 aliphatic rings. The van der Waals surface area contributed by atoms with Crippen LogP contribution in [0.2, 0.25) is 0 Å². The van der Waals surface area contributed by atoms with E-state index in [1.165, 1.54) is 0 Å². The number of amides is 1. The fourth-order valence-corrected chi connectivity index (χ4v) is 4.30. The van der Waals surface area contributed by atoms with Gasteiger partial charge in [0.05, 0.1) is 0 Å². The molecule has 0 fully saturated rings. The first-order chi connectivity index (χ1) is 15.2. The minimum Gasteiger partial charge on any atom is -0.444 e. The molecule has 0 saturated heterocycles. The number of carbonyl (C=O) groups is 2. The van der Waals surface area contributed by atoms with E-state index >= 15 is 0 Å². The van der Waals surface area contributed by atoms with Crippen LogP contribution in [-0.4, -0.2) is 22.9 Å². The third-order valence-corrected chi connectivity index (χ3v) is 5.62. The molecular weight excluding hydrogens is 418 g/mol. The zero-order valence-corrected chi connectivity index (χ0v) is 19.5. The Morgan fingerprint density at radius 2 is 1.19 bits per heavy atom. The molecule has 0 aliphatic heterocycles. The maximum Gasteiger partial charge on any atom is 0.409 e. The Morgan fingerprint density at radius 3 is 1.50 bits per heavy atom. The molecule has 4 nitrogen and oxygen atoms in total. The van der Waals surface area contributed by atoms with Crippen molar-refractivity contribution in [1.82, 2.24) is 5.32 Å². The molecule has 0 unspecified atom stereocenters. The molecule has 5 heteroatoms. The minimum absolute atomic E-state index is 0.184. The van der Waals surface area contributed by atoms with Gasteiger partial charge in [-0.25, -0.2) is 4.79 Å². The zero-order chi connectivity index (χ0) is 23.2. The standard InChI is InChI=1S/C27H29NO3S/c1-25(2,3)31-24(30)28-26(32,20-29)19-27(21-13-7-4-8-14-21,22-15-9-5-10-16-22)23-17-11-6-12-18-23/h4-18,20,32H,19H2,1-3H3,(H,28,30)/t26-/m1/s1. The second kappa shape index (κ2) is 9.61. The maximum absolute atomic E-state index is 12.6. The summed E-state index contributed by atoms with van der Waals surface area (Å²) in [6.07, 6.45) is 0.163. The molecule has 1 N–H and O–H groups in total. The number of benzene rings is 3. The van der Waals surface area contributed by atoms with E-state index in [1.807, 2.05) is 91.0 Å². The Kier molecular flexibility index (Phi) is 7.09. The highest BCUT2D eigenvalue weighted by molar-refractivity contribution is 7.82. The van der Waals surface area contributed by atoms with Crippen LogP contribution in [0.4, 0.5) is 4.79 Å². The summed E-state index contributed by atoms with van der Waals surface area (Å²) in [4.78, 5) is 23.5. The number of rotatable bonds is 7. The van der Waals surface area contributed by atoms with Gasteiger partial charge in [-0.05, 0) is 37.5 Å². The molecule has 0 aliphatic carbocycles. The molecule has 0 radical (unpaired) electrons. The number of carbonyl (C=O) groups excluding carboxylic acids is 2. The fraction of sp³-hybridized carbons (Fsp3) is 0.259. The van der Waals surface area contributed by atoms with E-state index in [0.29, 0.717) is 6.29 Å². The Morgan fingerprint density at radius 1 is 0.812 bits per heavy atom. The van der Waals surface area contributed by atoms with Crippen LogP contribution in [0.1, 0.15) is 43.9 Å². The van der Waals surface area contributed by atoms with Crippen molar-refractivity contribution >= 4 is 25.0 Å². The number of ether oxygens (including phenoxy) is 1. The van der Waals surface area contributed by atoms with Crippen LogP contribution >= 0.6 is 12.6 Å². The highest BCUT2D eigenvalue weighted by Crippen LogP contribution is 2.45. The molecule has 1 amide bonds.